The molecule has 0 N–H and O–H groups in total. The zero-order valence-electron chi connectivity index (χ0n) is 26.4. The Morgan fingerprint density at radius 2 is 1.82 bits per heavy atom. The molecule has 1 aliphatic carbocycles. The first kappa shape index (κ1) is 36.5. The third kappa shape index (κ3) is 9.08. The number of morpholine rings is 1. The quantitative estimate of drug-likeness (QED) is 0.139. The van der Waals surface area contributed by atoms with Crippen molar-refractivity contribution in [2.24, 2.45) is 5.92 Å². The number of amides is 1. The molecule has 17 heteroatoms. The van der Waals surface area contributed by atoms with Gasteiger partial charge in [0.25, 0.3) is 5.91 Å². The summed E-state index contributed by atoms with van der Waals surface area (Å²) in [5.74, 6) is -1.27. The lowest BCUT2D eigenvalue weighted by Crippen LogP contribution is -2.49. The second kappa shape index (κ2) is 15.4. The van der Waals surface area contributed by atoms with E-state index in [1.165, 1.54) is 47.4 Å². The molecule has 2 aliphatic rings. The molecule has 1 aromatic heterocycles. The smallest absolute Gasteiger partial charge is 0.387 e. The third-order valence-electron chi connectivity index (χ3n) is 7.85. The van der Waals surface area contributed by atoms with Gasteiger partial charge in [0, 0.05) is 38.2 Å². The van der Waals surface area contributed by atoms with Crippen molar-refractivity contribution in [1.29, 1.82) is 0 Å². The Morgan fingerprint density at radius 3 is 2.47 bits per heavy atom. The number of aromatic nitrogens is 1. The van der Waals surface area contributed by atoms with Crippen LogP contribution in [0, 0.1) is 11.1 Å². The van der Waals surface area contributed by atoms with Crippen molar-refractivity contribution in [3.63, 3.8) is 0 Å². The minimum atomic E-state index is -4.17. The fourth-order valence-electron chi connectivity index (χ4n) is 5.06. The predicted octanol–water partition coefficient (Wildman–Crippen LogP) is 4.64. The van der Waals surface area contributed by atoms with E-state index >= 15 is 0 Å². The van der Waals surface area contributed by atoms with E-state index in [1.54, 1.807) is 14.1 Å². The summed E-state index contributed by atoms with van der Waals surface area (Å²) in [5, 5.41) is 11.8. The van der Waals surface area contributed by atoms with Gasteiger partial charge in [-0.2, -0.15) is 17.8 Å². The summed E-state index contributed by atoms with van der Waals surface area (Å²) in [7, 11) is -1.08. The van der Waals surface area contributed by atoms with Crippen LogP contribution in [0.1, 0.15) is 40.4 Å². The van der Waals surface area contributed by atoms with Gasteiger partial charge in [-0.05, 0) is 54.7 Å². The zero-order chi connectivity index (χ0) is 35.5. The van der Waals surface area contributed by atoms with Crippen LogP contribution in [-0.4, -0.2) is 82.6 Å². The Bertz CT molecular complexity index is 1790. The molecule has 12 nitrogen and oxygen atoms in total. The Morgan fingerprint density at radius 1 is 1.10 bits per heavy atom. The molecule has 49 heavy (non-hydrogen) atoms. The summed E-state index contributed by atoms with van der Waals surface area (Å²) in [4.78, 5) is 27.3. The fourth-order valence-corrected chi connectivity index (χ4v) is 7.13. The van der Waals surface area contributed by atoms with E-state index < -0.39 is 41.4 Å². The first-order chi connectivity index (χ1) is 23.2. The molecule has 2 fully saturated rings. The standard InChI is InChI=1S/C32H33Cl2F2N3O9S/c1-37(2)30(40)21-4-3-5-22(12-21)49(43,44)39-10-11-45-29(17-39)31(41)47-27(14-23-24(33)15-38(42)16-25(23)34)20-8-9-26(48-32(35)36)28(13-20)46-18-19-6-7-19/h3-5,8-9,12-13,15-16,19,27,29,32H,6-7,10-11,14,17-18H2,1-2H3/t27-,29?/m0/s1. The first-order valence-corrected chi connectivity index (χ1v) is 17.3. The van der Waals surface area contributed by atoms with E-state index in [1.807, 2.05) is 0 Å². The number of esters is 1. The lowest BCUT2D eigenvalue weighted by atomic mass is 10.0. The minimum Gasteiger partial charge on any atom is -0.619 e. The first-order valence-electron chi connectivity index (χ1n) is 15.1. The van der Waals surface area contributed by atoms with Gasteiger partial charge in [-0.1, -0.05) is 35.3 Å². The molecular weight excluding hydrogens is 711 g/mol. The molecule has 1 saturated heterocycles. The van der Waals surface area contributed by atoms with Crippen molar-refractivity contribution in [2.75, 3.05) is 40.4 Å². The van der Waals surface area contributed by atoms with E-state index in [4.69, 9.17) is 37.4 Å². The number of ether oxygens (including phenoxy) is 4. The van der Waals surface area contributed by atoms with Crippen molar-refractivity contribution >= 4 is 45.1 Å². The van der Waals surface area contributed by atoms with Crippen LogP contribution in [0.5, 0.6) is 11.5 Å². The summed E-state index contributed by atoms with van der Waals surface area (Å²) in [6, 6.07) is 9.62. The molecular formula is C32H33Cl2F2N3O9S. The minimum absolute atomic E-state index is 0.00503. The molecule has 2 heterocycles. The Kier molecular flexibility index (Phi) is 11.5. The number of carbonyl (C=O) groups excluding carboxylic acids is 2. The van der Waals surface area contributed by atoms with E-state index in [2.05, 4.69) is 4.74 Å². The van der Waals surface area contributed by atoms with Gasteiger partial charge >= 0.3 is 12.6 Å². The van der Waals surface area contributed by atoms with Crippen LogP contribution in [0.3, 0.4) is 0 Å². The number of nitrogens with zero attached hydrogens (tertiary/aromatic N) is 3. The van der Waals surface area contributed by atoms with Crippen molar-refractivity contribution in [1.82, 2.24) is 9.21 Å². The van der Waals surface area contributed by atoms with Gasteiger partial charge in [-0.25, -0.2) is 13.2 Å². The molecule has 1 aliphatic heterocycles. The number of pyridine rings is 1. The highest BCUT2D eigenvalue weighted by Gasteiger charge is 2.37. The Hall–Kier alpha value is -3.76. The van der Waals surface area contributed by atoms with Gasteiger partial charge in [-0.3, -0.25) is 4.79 Å². The van der Waals surface area contributed by atoms with Gasteiger partial charge in [0.1, 0.15) is 16.1 Å². The van der Waals surface area contributed by atoms with E-state index in [0.29, 0.717) is 4.73 Å². The lowest BCUT2D eigenvalue weighted by molar-refractivity contribution is -0.605. The van der Waals surface area contributed by atoms with E-state index in [9.17, 15) is 32.0 Å². The molecule has 1 amide bonds. The van der Waals surface area contributed by atoms with Crippen molar-refractivity contribution in [2.45, 2.75) is 43.0 Å². The Labute approximate surface area is 291 Å². The molecule has 2 atom stereocenters. The van der Waals surface area contributed by atoms with Crippen LogP contribution in [0.2, 0.25) is 10.0 Å². The number of hydrogen-bond acceptors (Lipinski definition) is 9. The van der Waals surface area contributed by atoms with Crippen LogP contribution >= 0.6 is 23.2 Å². The van der Waals surface area contributed by atoms with Crippen molar-refractivity contribution in [3.8, 4) is 11.5 Å². The van der Waals surface area contributed by atoms with E-state index in [-0.39, 0.29) is 81.1 Å². The van der Waals surface area contributed by atoms with Crippen LogP contribution in [0.15, 0.2) is 59.8 Å². The number of alkyl halides is 2. The molecule has 1 saturated carbocycles. The second-order valence-corrected chi connectivity index (χ2v) is 14.5. The molecule has 264 valence electrons. The number of hydrogen-bond donors (Lipinski definition) is 0. The van der Waals surface area contributed by atoms with Crippen LogP contribution in [0.25, 0.3) is 0 Å². The predicted molar refractivity (Wildman–Crippen MR) is 172 cm³/mol. The van der Waals surface area contributed by atoms with Gasteiger partial charge in [0.05, 0.1) is 24.7 Å². The monoisotopic (exact) mass is 743 g/mol. The number of rotatable bonds is 13. The van der Waals surface area contributed by atoms with Gasteiger partial charge < -0.3 is 29.1 Å². The SMILES string of the molecule is CN(C)C(=O)c1cccc(S(=O)(=O)N2CCOC(C(=O)O[C@@H](Cc3c(Cl)c[n+]([O-])cc3Cl)c3ccc(OC(F)F)c(OCC4CC4)c3)C2)c1. The number of halogens is 4. The summed E-state index contributed by atoms with van der Waals surface area (Å²) >= 11 is 12.7. The van der Waals surface area contributed by atoms with Gasteiger partial charge in [-0.15, -0.1) is 0 Å². The van der Waals surface area contributed by atoms with Crippen molar-refractivity contribution < 1.29 is 50.5 Å². The maximum atomic E-state index is 13.6. The normalized spacial score (nSPS) is 17.4. The van der Waals surface area contributed by atoms with Crippen molar-refractivity contribution in [3.05, 3.63) is 86.8 Å². The number of carbonyl (C=O) groups is 2. The van der Waals surface area contributed by atoms with Gasteiger partial charge in [0.15, 0.2) is 30.0 Å². The molecule has 5 rings (SSSR count). The average Bonchev–Trinajstić information content (AvgIpc) is 3.89. The second-order valence-electron chi connectivity index (χ2n) is 11.7. The van der Waals surface area contributed by atoms with Crippen LogP contribution < -0.4 is 14.2 Å². The zero-order valence-corrected chi connectivity index (χ0v) is 28.7. The summed E-state index contributed by atoms with van der Waals surface area (Å²) < 4.78 is 77.0. The molecule has 1 unspecified atom stereocenters. The van der Waals surface area contributed by atoms with E-state index in [0.717, 1.165) is 29.5 Å². The fraction of sp³-hybridized carbons (Fsp3) is 0.406. The van der Waals surface area contributed by atoms with Gasteiger partial charge in [0.2, 0.25) is 10.0 Å². The van der Waals surface area contributed by atoms with Crippen LogP contribution in [-0.2, 0) is 30.7 Å². The maximum absolute atomic E-state index is 13.6. The molecule has 2 aromatic carbocycles. The number of sulfonamides is 1. The van der Waals surface area contributed by atoms with Crippen LogP contribution in [0.4, 0.5) is 8.78 Å². The largest absolute Gasteiger partial charge is 0.619 e. The Balaban J connectivity index is 1.41. The third-order valence-corrected chi connectivity index (χ3v) is 10.4. The highest BCUT2D eigenvalue weighted by atomic mass is 35.5. The lowest BCUT2D eigenvalue weighted by Gasteiger charge is -2.32. The maximum Gasteiger partial charge on any atom is 0.387 e. The highest BCUT2D eigenvalue weighted by Crippen LogP contribution is 2.38. The molecule has 3 aromatic rings. The molecule has 0 bridgehead atoms. The summed E-state index contributed by atoms with van der Waals surface area (Å²) in [6.07, 6.45) is 1.29. The summed E-state index contributed by atoms with van der Waals surface area (Å²) in [5.41, 5.74) is 0.709. The highest BCUT2D eigenvalue weighted by molar-refractivity contribution is 7.89. The average molecular weight is 745 g/mol. The molecule has 0 spiro atoms. The topological polar surface area (TPSA) is 139 Å². The summed E-state index contributed by atoms with van der Waals surface area (Å²) in [6.45, 7) is -3.47. The molecule has 0 radical (unpaired) electrons. The number of benzene rings is 2.